The molecule has 0 amide bonds. The summed E-state index contributed by atoms with van der Waals surface area (Å²) in [6.07, 6.45) is -1.14. The Morgan fingerprint density at radius 3 is 2.58 bits per heavy atom. The number of thioether (sulfide) groups is 1. The highest BCUT2D eigenvalue weighted by atomic mass is 32.2. The lowest BCUT2D eigenvalue weighted by Gasteiger charge is -2.25. The van der Waals surface area contributed by atoms with Crippen LogP contribution in [0.15, 0.2) is 54.2 Å². The molecule has 1 N–H and O–H groups in total. The molecule has 1 aromatic heterocycles. The topological polar surface area (TPSA) is 19.0 Å². The molecule has 0 saturated heterocycles. The van der Waals surface area contributed by atoms with Gasteiger partial charge in [-0.3, -0.25) is 0 Å². The van der Waals surface area contributed by atoms with Gasteiger partial charge < -0.3 is 9.88 Å². The van der Waals surface area contributed by atoms with Crippen LogP contribution in [-0.2, 0) is 6.18 Å². The van der Waals surface area contributed by atoms with Gasteiger partial charge in [-0.05, 0) is 29.2 Å². The molecular formula is C18H11F5N2S. The van der Waals surface area contributed by atoms with Crippen molar-refractivity contribution in [3.05, 3.63) is 77.0 Å². The molecule has 1 aliphatic rings. The highest BCUT2D eigenvalue weighted by Crippen LogP contribution is 2.45. The van der Waals surface area contributed by atoms with Gasteiger partial charge in [0, 0.05) is 23.8 Å². The number of fused-ring (bicyclic) bond motifs is 1. The number of benzene rings is 2. The predicted octanol–water partition coefficient (Wildman–Crippen LogP) is 6.19. The first-order chi connectivity index (χ1) is 12.3. The van der Waals surface area contributed by atoms with E-state index in [1.807, 2.05) is 0 Å². The summed E-state index contributed by atoms with van der Waals surface area (Å²) in [6.45, 7) is 0. The van der Waals surface area contributed by atoms with E-state index in [1.54, 1.807) is 28.8 Å². The smallest absolute Gasteiger partial charge is 0.359 e. The molecule has 0 radical (unpaired) electrons. The zero-order chi connectivity index (χ0) is 18.5. The number of hydrogen-bond acceptors (Lipinski definition) is 2. The lowest BCUT2D eigenvalue weighted by atomic mass is 10.1. The normalized spacial score (nSPS) is 17.4. The number of anilines is 1. The van der Waals surface area contributed by atoms with Crippen molar-refractivity contribution in [1.82, 2.24) is 4.98 Å². The summed E-state index contributed by atoms with van der Waals surface area (Å²) in [6, 6.07) is 7.23. The molecule has 0 spiro atoms. The second-order valence-electron chi connectivity index (χ2n) is 5.79. The molecule has 26 heavy (non-hydrogen) atoms. The van der Waals surface area contributed by atoms with E-state index in [0.717, 1.165) is 24.3 Å². The van der Waals surface area contributed by atoms with Gasteiger partial charge in [-0.15, -0.1) is 11.8 Å². The van der Waals surface area contributed by atoms with Gasteiger partial charge in [0.25, 0.3) is 0 Å². The van der Waals surface area contributed by atoms with Crippen molar-refractivity contribution in [1.29, 1.82) is 0 Å². The van der Waals surface area contributed by atoms with Crippen LogP contribution in [-0.4, -0.2) is 4.98 Å². The lowest BCUT2D eigenvalue weighted by Crippen LogP contribution is -2.17. The average Bonchev–Trinajstić information content (AvgIpc) is 3.21. The van der Waals surface area contributed by atoms with Crippen molar-refractivity contribution in [2.24, 2.45) is 0 Å². The van der Waals surface area contributed by atoms with Crippen molar-refractivity contribution < 1.29 is 22.0 Å². The van der Waals surface area contributed by atoms with Crippen LogP contribution in [0.2, 0.25) is 0 Å². The van der Waals surface area contributed by atoms with Crippen molar-refractivity contribution in [3.63, 3.8) is 0 Å². The van der Waals surface area contributed by atoms with Crippen LogP contribution in [0.4, 0.5) is 27.6 Å². The van der Waals surface area contributed by atoms with Crippen molar-refractivity contribution >= 4 is 28.4 Å². The summed E-state index contributed by atoms with van der Waals surface area (Å²) in [4.78, 5) is 4.60. The number of nitrogens with one attached hydrogen (secondary N) is 1. The molecule has 134 valence electrons. The Kier molecular flexibility index (Phi) is 3.95. The second kappa shape index (κ2) is 6.05. The summed E-state index contributed by atoms with van der Waals surface area (Å²) in [5.74, 6) is -1.95. The lowest BCUT2D eigenvalue weighted by molar-refractivity contribution is -0.137. The van der Waals surface area contributed by atoms with Gasteiger partial charge in [0.2, 0.25) is 0 Å². The van der Waals surface area contributed by atoms with Gasteiger partial charge in [0.05, 0.1) is 16.8 Å². The van der Waals surface area contributed by atoms with E-state index in [-0.39, 0.29) is 0 Å². The molecule has 1 aliphatic heterocycles. The fourth-order valence-corrected chi connectivity index (χ4v) is 3.92. The summed E-state index contributed by atoms with van der Waals surface area (Å²) in [7, 11) is 0. The fraction of sp³-hybridized carbons (Fsp3) is 0.111. The third kappa shape index (κ3) is 2.84. The minimum absolute atomic E-state index is 0.409. The van der Waals surface area contributed by atoms with Gasteiger partial charge >= 0.3 is 6.18 Å². The molecule has 4 rings (SSSR count). The Bertz CT molecular complexity index is 1010. The fourth-order valence-electron chi connectivity index (χ4n) is 2.95. The van der Waals surface area contributed by atoms with E-state index < -0.39 is 28.7 Å². The summed E-state index contributed by atoms with van der Waals surface area (Å²) >= 11 is 1.33. The first-order valence-corrected chi connectivity index (χ1v) is 8.52. The first-order valence-electron chi connectivity index (χ1n) is 7.58. The third-order valence-corrected chi connectivity index (χ3v) is 5.20. The van der Waals surface area contributed by atoms with Gasteiger partial charge in [-0.25, -0.2) is 8.78 Å². The van der Waals surface area contributed by atoms with Gasteiger partial charge in [-0.1, -0.05) is 12.1 Å². The quantitative estimate of drug-likeness (QED) is 0.533. The molecule has 2 nitrogen and oxygen atoms in total. The molecular weight excluding hydrogens is 371 g/mol. The van der Waals surface area contributed by atoms with Crippen LogP contribution in [0.5, 0.6) is 0 Å². The number of aromatic nitrogens is 1. The van der Waals surface area contributed by atoms with Crippen LogP contribution >= 0.6 is 11.8 Å². The van der Waals surface area contributed by atoms with Crippen LogP contribution in [0.1, 0.15) is 16.5 Å². The Labute approximate surface area is 149 Å². The summed E-state index contributed by atoms with van der Waals surface area (Å²) in [5, 5.41) is 1.77. The molecule has 8 heteroatoms. The van der Waals surface area contributed by atoms with Crippen molar-refractivity contribution in [2.45, 2.75) is 11.6 Å². The molecule has 1 unspecified atom stereocenters. The van der Waals surface area contributed by atoms with E-state index >= 15 is 0 Å². The minimum atomic E-state index is -4.43. The molecule has 2 heterocycles. The molecule has 0 aliphatic carbocycles. The van der Waals surface area contributed by atoms with E-state index in [0.29, 0.717) is 22.2 Å². The van der Waals surface area contributed by atoms with Crippen molar-refractivity contribution in [3.8, 4) is 0 Å². The molecule has 1 atom stereocenters. The molecule has 2 aromatic carbocycles. The van der Waals surface area contributed by atoms with E-state index in [1.165, 1.54) is 17.8 Å². The molecule has 3 aromatic rings. The Hall–Kier alpha value is -2.48. The number of halogens is 5. The number of hydrogen-bond donors (Lipinski definition) is 1. The average molecular weight is 382 g/mol. The second-order valence-corrected chi connectivity index (χ2v) is 6.78. The third-order valence-electron chi connectivity index (χ3n) is 4.16. The maximum atomic E-state index is 13.6. The zero-order valence-electron chi connectivity index (χ0n) is 13.0. The molecule has 0 bridgehead atoms. The molecule has 0 fully saturated rings. The van der Waals surface area contributed by atoms with E-state index in [2.05, 4.69) is 4.98 Å². The van der Waals surface area contributed by atoms with Gasteiger partial charge in [-0.2, -0.15) is 13.2 Å². The Morgan fingerprint density at radius 1 is 1.04 bits per heavy atom. The zero-order valence-corrected chi connectivity index (χ0v) is 13.8. The maximum absolute atomic E-state index is 13.6. The van der Waals surface area contributed by atoms with Crippen molar-refractivity contribution in [2.75, 3.05) is 4.90 Å². The first kappa shape index (κ1) is 17.0. The van der Waals surface area contributed by atoms with Crippen LogP contribution in [0.3, 0.4) is 0 Å². The van der Waals surface area contributed by atoms with E-state index in [4.69, 9.17) is 0 Å². The summed E-state index contributed by atoms with van der Waals surface area (Å²) < 4.78 is 66.0. The Morgan fingerprint density at radius 2 is 1.81 bits per heavy atom. The van der Waals surface area contributed by atoms with Gasteiger partial charge in [0.1, 0.15) is 5.37 Å². The number of rotatable bonds is 2. The Balaban J connectivity index is 1.76. The monoisotopic (exact) mass is 382 g/mol. The minimum Gasteiger partial charge on any atom is -0.359 e. The van der Waals surface area contributed by atoms with Gasteiger partial charge in [0.15, 0.2) is 11.6 Å². The number of H-pyrrole nitrogens is 1. The summed E-state index contributed by atoms with van der Waals surface area (Å²) in [5.41, 5.74) is 0.704. The van der Waals surface area contributed by atoms with Crippen LogP contribution < -0.4 is 4.90 Å². The number of aromatic amines is 1. The highest BCUT2D eigenvalue weighted by Gasteiger charge is 2.32. The number of nitrogens with zero attached hydrogens (tertiary/aromatic N) is 1. The highest BCUT2D eigenvalue weighted by molar-refractivity contribution is 8.02. The number of alkyl halides is 3. The maximum Gasteiger partial charge on any atom is 0.416 e. The van der Waals surface area contributed by atoms with Crippen LogP contribution in [0.25, 0.3) is 10.9 Å². The standard InChI is InChI=1S/C18H11F5N2S/c19-13-7-12-15(8-14(13)20)24-9-16(12)25-4-5-26-17(25)10-2-1-3-11(6-10)18(21,22)23/h1-9,17,24H. The van der Waals surface area contributed by atoms with Crippen LogP contribution in [0, 0.1) is 11.6 Å². The largest absolute Gasteiger partial charge is 0.416 e. The molecule has 0 saturated carbocycles. The van der Waals surface area contributed by atoms with E-state index in [9.17, 15) is 22.0 Å². The SMILES string of the molecule is Fc1cc2[nH]cc(N3C=CSC3c3cccc(C(F)(F)F)c3)c2cc1F. The predicted molar refractivity (Wildman–Crippen MR) is 91.6 cm³/mol.